The number of carbonyl (C=O) groups is 1. The van der Waals surface area contributed by atoms with Gasteiger partial charge in [-0.15, -0.1) is 0 Å². The van der Waals surface area contributed by atoms with Gasteiger partial charge in [0.15, 0.2) is 11.5 Å². The molecule has 0 N–H and O–H groups in total. The highest BCUT2D eigenvalue weighted by molar-refractivity contribution is 7.89. The van der Waals surface area contributed by atoms with E-state index in [0.29, 0.717) is 43.7 Å². The minimum atomic E-state index is -3.78. The molecule has 1 aromatic rings. The van der Waals surface area contributed by atoms with Crippen molar-refractivity contribution in [3.8, 4) is 11.5 Å². The van der Waals surface area contributed by atoms with Gasteiger partial charge < -0.3 is 14.4 Å². The van der Waals surface area contributed by atoms with Crippen LogP contribution in [0.15, 0.2) is 23.1 Å². The maximum Gasteiger partial charge on any atom is 0.243 e. The van der Waals surface area contributed by atoms with E-state index >= 15 is 0 Å². The van der Waals surface area contributed by atoms with Crippen LogP contribution in [0.1, 0.15) is 26.2 Å². The highest BCUT2D eigenvalue weighted by atomic mass is 32.2. The second-order valence-corrected chi connectivity index (χ2v) is 9.03. The van der Waals surface area contributed by atoms with Crippen LogP contribution in [0, 0.1) is 5.92 Å². The third-order valence-electron chi connectivity index (χ3n) is 4.92. The molecule has 0 bridgehead atoms. The second-order valence-electron chi connectivity index (χ2n) is 6.98. The van der Waals surface area contributed by atoms with E-state index < -0.39 is 10.0 Å². The molecule has 0 atom stereocenters. The number of ether oxygens (including phenoxy) is 2. The highest BCUT2D eigenvalue weighted by Crippen LogP contribution is 2.32. The van der Waals surface area contributed by atoms with Crippen molar-refractivity contribution >= 4 is 15.9 Å². The van der Waals surface area contributed by atoms with Gasteiger partial charge in [-0.1, -0.05) is 6.92 Å². The van der Waals surface area contributed by atoms with Crippen molar-refractivity contribution in [3.63, 3.8) is 0 Å². The van der Waals surface area contributed by atoms with Gasteiger partial charge in [-0.05, 0) is 30.9 Å². The van der Waals surface area contributed by atoms with Crippen LogP contribution in [-0.4, -0.2) is 63.4 Å². The second kappa shape index (κ2) is 7.84. The van der Waals surface area contributed by atoms with Crippen LogP contribution in [0.4, 0.5) is 0 Å². The van der Waals surface area contributed by atoms with Gasteiger partial charge in [0.2, 0.25) is 15.9 Å². The molecule has 3 rings (SSSR count). The molecule has 2 aliphatic rings. The summed E-state index contributed by atoms with van der Waals surface area (Å²) in [6.45, 7) is 4.42. The Kier molecular flexibility index (Phi) is 5.72. The summed E-state index contributed by atoms with van der Waals surface area (Å²) in [5, 5.41) is 0. The van der Waals surface area contributed by atoms with Crippen molar-refractivity contribution in [2.24, 2.45) is 5.92 Å². The Bertz CT molecular complexity index is 757. The number of likely N-dealkylation sites (tertiary alicyclic amines) is 1. The maximum absolute atomic E-state index is 12.8. The molecule has 7 nitrogen and oxygen atoms in total. The van der Waals surface area contributed by atoms with Crippen molar-refractivity contribution in [2.45, 2.75) is 31.1 Å². The summed E-state index contributed by atoms with van der Waals surface area (Å²) in [4.78, 5) is 14.3. The Morgan fingerprint density at radius 2 is 1.85 bits per heavy atom. The molecule has 1 fully saturated rings. The van der Waals surface area contributed by atoms with E-state index in [2.05, 4.69) is 6.92 Å². The van der Waals surface area contributed by atoms with Crippen molar-refractivity contribution in [1.29, 1.82) is 0 Å². The van der Waals surface area contributed by atoms with Gasteiger partial charge in [0, 0.05) is 32.6 Å². The zero-order chi connectivity index (χ0) is 18.7. The Balaban J connectivity index is 1.71. The van der Waals surface area contributed by atoms with E-state index in [4.69, 9.17) is 9.47 Å². The van der Waals surface area contributed by atoms with Crippen molar-refractivity contribution in [1.82, 2.24) is 9.21 Å². The van der Waals surface area contributed by atoms with Crippen LogP contribution >= 0.6 is 0 Å². The van der Waals surface area contributed by atoms with E-state index in [-0.39, 0.29) is 17.3 Å². The molecule has 0 spiro atoms. The molecule has 0 radical (unpaired) electrons. The number of benzene rings is 1. The Morgan fingerprint density at radius 1 is 1.19 bits per heavy atom. The monoisotopic (exact) mass is 382 g/mol. The molecule has 1 aromatic carbocycles. The molecular formula is C18H26N2O5S. The third-order valence-corrected chi connectivity index (χ3v) is 6.72. The molecule has 8 heteroatoms. The van der Waals surface area contributed by atoms with E-state index in [1.807, 2.05) is 0 Å². The summed E-state index contributed by atoms with van der Waals surface area (Å²) in [5.74, 6) is 1.43. The lowest BCUT2D eigenvalue weighted by Gasteiger charge is -2.31. The molecule has 2 heterocycles. The highest BCUT2D eigenvalue weighted by Gasteiger charge is 2.28. The smallest absolute Gasteiger partial charge is 0.243 e. The number of hydrogen-bond donors (Lipinski definition) is 0. The molecule has 26 heavy (non-hydrogen) atoms. The Labute approximate surface area is 154 Å². The standard InChI is InChI=1S/C18H26N2O5S/c1-14-6-8-20(9-7-14)18(21)13-19(2)26(22,23)15-4-5-16-17(12-15)25-11-3-10-24-16/h4-5,12,14H,3,6-11,13H2,1-2H3. The number of sulfonamides is 1. The summed E-state index contributed by atoms with van der Waals surface area (Å²) in [5.41, 5.74) is 0. The quantitative estimate of drug-likeness (QED) is 0.793. The molecule has 144 valence electrons. The molecule has 1 saturated heterocycles. The fourth-order valence-electron chi connectivity index (χ4n) is 3.12. The van der Waals surface area contributed by atoms with Crippen molar-refractivity contribution in [3.05, 3.63) is 18.2 Å². The first-order valence-electron chi connectivity index (χ1n) is 9.01. The SMILES string of the molecule is CC1CCN(C(=O)CN(C)S(=O)(=O)c2ccc3c(c2)OCCCO3)CC1. The van der Waals surface area contributed by atoms with Crippen LogP contribution in [0.5, 0.6) is 11.5 Å². The fraction of sp³-hybridized carbons (Fsp3) is 0.611. The van der Waals surface area contributed by atoms with Crippen LogP contribution in [0.3, 0.4) is 0 Å². The van der Waals surface area contributed by atoms with Crippen molar-refractivity contribution < 1.29 is 22.7 Å². The van der Waals surface area contributed by atoms with Gasteiger partial charge in [-0.3, -0.25) is 4.79 Å². The van der Waals surface area contributed by atoms with Crippen molar-refractivity contribution in [2.75, 3.05) is 39.9 Å². The number of nitrogens with zero attached hydrogens (tertiary/aromatic N) is 2. The fourth-order valence-corrected chi connectivity index (χ4v) is 4.25. The maximum atomic E-state index is 12.8. The number of piperidine rings is 1. The summed E-state index contributed by atoms with van der Waals surface area (Å²) in [6, 6.07) is 4.57. The van der Waals surface area contributed by atoms with Gasteiger partial charge >= 0.3 is 0 Å². The Morgan fingerprint density at radius 3 is 2.54 bits per heavy atom. The zero-order valence-corrected chi connectivity index (χ0v) is 16.1. The van der Waals surface area contributed by atoms with Gasteiger partial charge in [0.25, 0.3) is 0 Å². The lowest BCUT2D eigenvalue weighted by Crippen LogP contribution is -2.44. The first-order chi connectivity index (χ1) is 12.4. The van der Waals surface area contributed by atoms with E-state index in [0.717, 1.165) is 23.6 Å². The normalized spacial score (nSPS) is 18.7. The van der Waals surface area contributed by atoms with Crippen LogP contribution in [0.25, 0.3) is 0 Å². The number of fused-ring (bicyclic) bond motifs is 1. The van der Waals surface area contributed by atoms with Crippen LogP contribution < -0.4 is 9.47 Å². The first-order valence-corrected chi connectivity index (χ1v) is 10.5. The number of carbonyl (C=O) groups excluding carboxylic acids is 1. The zero-order valence-electron chi connectivity index (χ0n) is 15.3. The predicted molar refractivity (Wildman–Crippen MR) is 96.8 cm³/mol. The molecule has 0 aliphatic carbocycles. The first kappa shape index (κ1) is 19.0. The molecular weight excluding hydrogens is 356 g/mol. The summed E-state index contributed by atoms with van der Waals surface area (Å²) in [6.07, 6.45) is 2.67. The van der Waals surface area contributed by atoms with Crippen LogP contribution in [-0.2, 0) is 14.8 Å². The summed E-state index contributed by atoms with van der Waals surface area (Å²) < 4.78 is 37.9. The van der Waals surface area contributed by atoms with E-state index in [1.54, 1.807) is 11.0 Å². The lowest BCUT2D eigenvalue weighted by atomic mass is 9.99. The minimum Gasteiger partial charge on any atom is -0.490 e. The minimum absolute atomic E-state index is 0.101. The van der Waals surface area contributed by atoms with Gasteiger partial charge in [0.1, 0.15) is 0 Å². The summed E-state index contributed by atoms with van der Waals surface area (Å²) >= 11 is 0. The molecule has 0 saturated carbocycles. The van der Waals surface area contributed by atoms with Gasteiger partial charge in [-0.2, -0.15) is 4.31 Å². The number of rotatable bonds is 4. The van der Waals surface area contributed by atoms with Crippen LogP contribution in [0.2, 0.25) is 0 Å². The molecule has 2 aliphatic heterocycles. The number of likely N-dealkylation sites (N-methyl/N-ethyl adjacent to an activating group) is 1. The Hall–Kier alpha value is -1.80. The van der Waals surface area contributed by atoms with E-state index in [1.165, 1.54) is 19.2 Å². The summed E-state index contributed by atoms with van der Waals surface area (Å²) in [7, 11) is -2.35. The average molecular weight is 382 g/mol. The van der Waals surface area contributed by atoms with Gasteiger partial charge in [-0.25, -0.2) is 8.42 Å². The average Bonchev–Trinajstić information content (AvgIpc) is 2.86. The topological polar surface area (TPSA) is 76.2 Å². The number of amides is 1. The largest absolute Gasteiger partial charge is 0.490 e. The molecule has 1 amide bonds. The number of hydrogen-bond acceptors (Lipinski definition) is 5. The van der Waals surface area contributed by atoms with E-state index in [9.17, 15) is 13.2 Å². The predicted octanol–water partition coefficient (Wildman–Crippen LogP) is 1.73. The third kappa shape index (κ3) is 4.12. The molecule has 0 aromatic heterocycles. The lowest BCUT2D eigenvalue weighted by molar-refractivity contribution is -0.132. The molecule has 0 unspecified atom stereocenters. The van der Waals surface area contributed by atoms with Gasteiger partial charge in [0.05, 0.1) is 24.7 Å².